The maximum Gasteiger partial charge on any atom is 0.338 e. The number of hydrogen-bond acceptors (Lipinski definition) is 4. The summed E-state index contributed by atoms with van der Waals surface area (Å²) in [5, 5.41) is 2.70. The molecule has 0 aliphatic rings. The molecule has 1 atom stereocenters. The fourth-order valence-electron chi connectivity index (χ4n) is 2.35. The number of esters is 1. The van der Waals surface area contributed by atoms with Crippen LogP contribution in [0.3, 0.4) is 0 Å². The first kappa shape index (κ1) is 20.4. The molecule has 0 heterocycles. The van der Waals surface area contributed by atoms with Crippen LogP contribution in [0.4, 0.5) is 4.39 Å². The molecule has 0 fully saturated rings. The summed E-state index contributed by atoms with van der Waals surface area (Å²) < 4.78 is 23.5. The first-order valence-electron chi connectivity index (χ1n) is 8.94. The van der Waals surface area contributed by atoms with Crippen molar-refractivity contribution in [3.8, 4) is 5.75 Å². The predicted octanol–water partition coefficient (Wildman–Crippen LogP) is 4.04. The van der Waals surface area contributed by atoms with E-state index < -0.39 is 11.9 Å². The van der Waals surface area contributed by atoms with Gasteiger partial charge in [-0.2, -0.15) is 0 Å². The number of carbonyl (C=O) groups is 2. The van der Waals surface area contributed by atoms with E-state index in [1.165, 1.54) is 12.1 Å². The molecule has 1 amide bonds. The maximum absolute atomic E-state index is 12.9. The Morgan fingerprint density at radius 3 is 2.37 bits per heavy atom. The summed E-state index contributed by atoms with van der Waals surface area (Å²) in [5.41, 5.74) is 1.10. The fourth-order valence-corrected chi connectivity index (χ4v) is 2.35. The Morgan fingerprint density at radius 1 is 1.07 bits per heavy atom. The maximum atomic E-state index is 12.9. The van der Waals surface area contributed by atoms with Gasteiger partial charge in [0.15, 0.2) is 6.61 Å². The summed E-state index contributed by atoms with van der Waals surface area (Å²) in [4.78, 5) is 24.0. The lowest BCUT2D eigenvalue weighted by Crippen LogP contribution is -2.31. The highest BCUT2D eigenvalue weighted by atomic mass is 19.1. The van der Waals surface area contributed by atoms with Crippen molar-refractivity contribution in [2.75, 3.05) is 13.2 Å². The van der Waals surface area contributed by atoms with Crippen LogP contribution in [0, 0.1) is 5.82 Å². The molecule has 0 aliphatic carbocycles. The predicted molar refractivity (Wildman–Crippen MR) is 100 cm³/mol. The summed E-state index contributed by atoms with van der Waals surface area (Å²) in [5.74, 6) is -0.668. The minimum atomic E-state index is -0.584. The molecular weight excluding hydrogens is 349 g/mol. The lowest BCUT2D eigenvalue weighted by molar-refractivity contribution is -0.124. The molecular formula is C21H24FNO4. The summed E-state index contributed by atoms with van der Waals surface area (Å²) in [6.07, 6.45) is 2.02. The van der Waals surface area contributed by atoms with Gasteiger partial charge < -0.3 is 14.8 Å². The molecule has 0 bridgehead atoms. The van der Waals surface area contributed by atoms with Crippen LogP contribution in [0.5, 0.6) is 5.75 Å². The molecule has 6 heteroatoms. The van der Waals surface area contributed by atoms with E-state index in [9.17, 15) is 14.0 Å². The molecule has 0 radical (unpaired) electrons. The number of amides is 1. The molecule has 2 aromatic rings. The van der Waals surface area contributed by atoms with E-state index in [0.29, 0.717) is 17.9 Å². The topological polar surface area (TPSA) is 64.6 Å². The minimum absolute atomic E-state index is 0.323. The van der Waals surface area contributed by atoms with Gasteiger partial charge in [0.1, 0.15) is 11.6 Å². The molecule has 144 valence electrons. The van der Waals surface area contributed by atoms with Crippen molar-refractivity contribution in [1.29, 1.82) is 0 Å². The van der Waals surface area contributed by atoms with Crippen molar-refractivity contribution in [3.63, 3.8) is 0 Å². The standard InChI is InChI=1S/C21H24FNO4/c1-3-4-13-26-19-11-7-17(8-12-19)21(25)27-14-20(24)23-15(2)16-5-9-18(22)10-6-16/h5-12,15H,3-4,13-14H2,1-2H3,(H,23,24)/t15-/m0/s1. The largest absolute Gasteiger partial charge is 0.494 e. The zero-order valence-electron chi connectivity index (χ0n) is 15.5. The third-order valence-corrected chi connectivity index (χ3v) is 3.94. The second kappa shape index (κ2) is 10.3. The zero-order chi connectivity index (χ0) is 19.6. The highest BCUT2D eigenvalue weighted by Gasteiger charge is 2.13. The summed E-state index contributed by atoms with van der Waals surface area (Å²) in [6.45, 7) is 4.09. The number of hydrogen-bond donors (Lipinski definition) is 1. The van der Waals surface area contributed by atoms with Crippen LogP contribution in [0.25, 0.3) is 0 Å². The van der Waals surface area contributed by atoms with E-state index in [1.54, 1.807) is 43.3 Å². The lowest BCUT2D eigenvalue weighted by Gasteiger charge is -2.14. The van der Waals surface area contributed by atoms with E-state index in [2.05, 4.69) is 12.2 Å². The van der Waals surface area contributed by atoms with E-state index >= 15 is 0 Å². The average Bonchev–Trinajstić information content (AvgIpc) is 2.67. The Labute approximate surface area is 158 Å². The van der Waals surface area contributed by atoms with Gasteiger partial charge in [-0.1, -0.05) is 25.5 Å². The molecule has 0 unspecified atom stereocenters. The number of nitrogens with one attached hydrogen (secondary N) is 1. The number of rotatable bonds is 9. The molecule has 2 rings (SSSR count). The van der Waals surface area contributed by atoms with Gasteiger partial charge in [-0.3, -0.25) is 4.79 Å². The number of benzene rings is 2. The minimum Gasteiger partial charge on any atom is -0.494 e. The third kappa shape index (κ3) is 6.73. The second-order valence-electron chi connectivity index (χ2n) is 6.14. The normalized spacial score (nSPS) is 11.5. The van der Waals surface area contributed by atoms with Gasteiger partial charge >= 0.3 is 5.97 Å². The van der Waals surface area contributed by atoms with Gasteiger partial charge in [0.2, 0.25) is 0 Å². The summed E-state index contributed by atoms with van der Waals surface area (Å²) in [7, 11) is 0. The molecule has 0 spiro atoms. The molecule has 0 saturated heterocycles. The number of ether oxygens (including phenoxy) is 2. The number of unbranched alkanes of at least 4 members (excludes halogenated alkanes) is 1. The Kier molecular flexibility index (Phi) is 7.79. The van der Waals surface area contributed by atoms with Gasteiger partial charge in [0.25, 0.3) is 5.91 Å². The number of carbonyl (C=O) groups excluding carboxylic acids is 2. The fraction of sp³-hybridized carbons (Fsp3) is 0.333. The Balaban J connectivity index is 1.78. The smallest absolute Gasteiger partial charge is 0.338 e. The van der Waals surface area contributed by atoms with E-state index in [0.717, 1.165) is 18.4 Å². The van der Waals surface area contributed by atoms with Crippen LogP contribution in [-0.4, -0.2) is 25.1 Å². The van der Waals surface area contributed by atoms with Crippen molar-refractivity contribution < 1.29 is 23.5 Å². The molecule has 1 N–H and O–H groups in total. The van der Waals surface area contributed by atoms with Gasteiger partial charge in [0, 0.05) is 0 Å². The molecule has 2 aromatic carbocycles. The van der Waals surface area contributed by atoms with Crippen LogP contribution in [0.2, 0.25) is 0 Å². The first-order valence-corrected chi connectivity index (χ1v) is 8.94. The third-order valence-electron chi connectivity index (χ3n) is 3.94. The molecule has 0 saturated carbocycles. The van der Waals surface area contributed by atoms with Crippen molar-refractivity contribution in [2.24, 2.45) is 0 Å². The van der Waals surface area contributed by atoms with Crippen molar-refractivity contribution in [1.82, 2.24) is 5.32 Å². The second-order valence-corrected chi connectivity index (χ2v) is 6.14. The molecule has 0 aliphatic heterocycles. The molecule has 0 aromatic heterocycles. The molecule has 5 nitrogen and oxygen atoms in total. The SMILES string of the molecule is CCCCOc1ccc(C(=O)OCC(=O)N[C@@H](C)c2ccc(F)cc2)cc1. The average molecular weight is 373 g/mol. The summed E-state index contributed by atoms with van der Waals surface area (Å²) >= 11 is 0. The monoisotopic (exact) mass is 373 g/mol. The van der Waals surface area contributed by atoms with Crippen molar-refractivity contribution in [2.45, 2.75) is 32.7 Å². The van der Waals surface area contributed by atoms with Gasteiger partial charge in [0.05, 0.1) is 18.2 Å². The quantitative estimate of drug-likeness (QED) is 0.532. The van der Waals surface area contributed by atoms with E-state index in [4.69, 9.17) is 9.47 Å². The summed E-state index contributed by atoms with van der Waals surface area (Å²) in [6, 6.07) is 12.1. The van der Waals surface area contributed by atoms with Gasteiger partial charge in [-0.05, 0) is 55.3 Å². The Bertz CT molecular complexity index is 744. The lowest BCUT2D eigenvalue weighted by atomic mass is 10.1. The van der Waals surface area contributed by atoms with Crippen LogP contribution < -0.4 is 10.1 Å². The Hall–Kier alpha value is -2.89. The van der Waals surface area contributed by atoms with Crippen LogP contribution in [0.15, 0.2) is 48.5 Å². The van der Waals surface area contributed by atoms with Crippen molar-refractivity contribution in [3.05, 3.63) is 65.5 Å². The van der Waals surface area contributed by atoms with Gasteiger partial charge in [-0.25, -0.2) is 9.18 Å². The highest BCUT2D eigenvalue weighted by molar-refractivity contribution is 5.91. The zero-order valence-corrected chi connectivity index (χ0v) is 15.5. The number of halogens is 1. The molecule has 27 heavy (non-hydrogen) atoms. The van der Waals surface area contributed by atoms with Crippen LogP contribution >= 0.6 is 0 Å². The van der Waals surface area contributed by atoms with Gasteiger partial charge in [-0.15, -0.1) is 0 Å². The van der Waals surface area contributed by atoms with Crippen LogP contribution in [-0.2, 0) is 9.53 Å². The van der Waals surface area contributed by atoms with E-state index in [1.807, 2.05) is 0 Å². The van der Waals surface area contributed by atoms with Crippen molar-refractivity contribution >= 4 is 11.9 Å². The Morgan fingerprint density at radius 2 is 1.74 bits per heavy atom. The first-order chi connectivity index (χ1) is 13.0. The highest BCUT2D eigenvalue weighted by Crippen LogP contribution is 2.14. The van der Waals surface area contributed by atoms with E-state index in [-0.39, 0.29) is 18.5 Å². The van der Waals surface area contributed by atoms with Crippen LogP contribution in [0.1, 0.15) is 48.7 Å².